The second-order valence-electron chi connectivity index (χ2n) is 5.16. The molecule has 0 atom stereocenters. The molecule has 0 aliphatic heterocycles. The van der Waals surface area contributed by atoms with E-state index in [-0.39, 0.29) is 24.3 Å². The molecule has 0 saturated carbocycles. The van der Waals surface area contributed by atoms with E-state index in [9.17, 15) is 14.4 Å². The molecule has 0 amide bonds. The smallest absolute Gasteiger partial charge is 0.332 e. The minimum atomic E-state index is -1.08. The second-order valence-corrected chi connectivity index (χ2v) is 5.16. The Bertz CT molecular complexity index is 1000. The highest BCUT2D eigenvalue weighted by Gasteiger charge is 2.15. The monoisotopic (exact) mass is 347 g/mol. The molecule has 10 heteroatoms. The lowest BCUT2D eigenvalue weighted by Gasteiger charge is -2.04. The van der Waals surface area contributed by atoms with Crippen LogP contribution >= 0.6 is 0 Å². The van der Waals surface area contributed by atoms with Crippen molar-refractivity contribution in [1.82, 2.24) is 23.7 Å². The summed E-state index contributed by atoms with van der Waals surface area (Å²) < 4.78 is 3.33. The van der Waals surface area contributed by atoms with Gasteiger partial charge in [0, 0.05) is 26.5 Å². The lowest BCUT2D eigenvalue weighted by molar-refractivity contribution is -0.137. The number of fused-ring (bicyclic) bond motifs is 1. The number of pyridine rings is 1. The minimum Gasteiger partial charge on any atom is -0.480 e. The molecule has 0 radical (unpaired) electrons. The fourth-order valence-electron chi connectivity index (χ4n) is 2.15. The van der Waals surface area contributed by atoms with Gasteiger partial charge < -0.3 is 14.8 Å². The Kier molecular flexibility index (Phi) is 5.45. The van der Waals surface area contributed by atoms with Crippen molar-refractivity contribution in [2.24, 2.45) is 14.1 Å². The van der Waals surface area contributed by atoms with Crippen molar-refractivity contribution in [1.29, 1.82) is 0 Å². The van der Waals surface area contributed by atoms with Gasteiger partial charge in [0.25, 0.3) is 5.56 Å². The third-order valence-electron chi connectivity index (χ3n) is 3.43. The number of carboxylic acids is 1. The minimum absolute atomic E-state index is 0.0772. The quantitative estimate of drug-likeness (QED) is 0.627. The number of nitrogens with zero attached hydrogens (tertiary/aromatic N) is 5. The van der Waals surface area contributed by atoms with Gasteiger partial charge in [-0.25, -0.2) is 9.78 Å². The Morgan fingerprint density at radius 3 is 2.48 bits per heavy atom. The maximum atomic E-state index is 11.9. The number of carbonyl (C=O) groups is 1. The molecular formula is C15H17N5O5. The molecular weight excluding hydrogens is 330 g/mol. The Labute approximate surface area is 141 Å². The SMILES string of the molecule is Cn1c(=O)c2c(ncn2CC(=O)O)n(C)c1=O.OCc1cccnc1. The number of aliphatic hydroxyl groups is 1. The summed E-state index contributed by atoms with van der Waals surface area (Å²) in [6.07, 6.45) is 4.55. The number of imidazole rings is 1. The first-order valence-corrected chi connectivity index (χ1v) is 7.19. The molecule has 0 aliphatic carbocycles. The van der Waals surface area contributed by atoms with Crippen LogP contribution in [0.4, 0.5) is 0 Å². The maximum Gasteiger partial charge on any atom is 0.332 e. The molecule has 0 spiro atoms. The second kappa shape index (κ2) is 7.53. The first kappa shape index (κ1) is 18.1. The zero-order valence-electron chi connectivity index (χ0n) is 13.7. The van der Waals surface area contributed by atoms with Crippen LogP contribution < -0.4 is 11.2 Å². The summed E-state index contributed by atoms with van der Waals surface area (Å²) in [7, 11) is 2.81. The van der Waals surface area contributed by atoms with E-state index in [1.54, 1.807) is 18.5 Å². The molecule has 0 aromatic carbocycles. The van der Waals surface area contributed by atoms with Crippen LogP contribution in [0.2, 0.25) is 0 Å². The summed E-state index contributed by atoms with van der Waals surface area (Å²) in [4.78, 5) is 41.8. The van der Waals surface area contributed by atoms with Crippen molar-refractivity contribution in [2.75, 3.05) is 0 Å². The third-order valence-corrected chi connectivity index (χ3v) is 3.43. The number of aromatic nitrogens is 5. The Morgan fingerprint density at radius 1 is 1.24 bits per heavy atom. The van der Waals surface area contributed by atoms with E-state index in [0.717, 1.165) is 10.1 Å². The number of hydrogen-bond donors (Lipinski definition) is 2. The number of aryl methyl sites for hydroxylation is 1. The summed E-state index contributed by atoms with van der Waals surface area (Å²) in [5.41, 5.74) is 0.0915. The van der Waals surface area contributed by atoms with Gasteiger partial charge >= 0.3 is 11.7 Å². The number of aliphatic hydroxyl groups excluding tert-OH is 1. The predicted molar refractivity (Wildman–Crippen MR) is 88.0 cm³/mol. The van der Waals surface area contributed by atoms with E-state index in [1.807, 2.05) is 6.07 Å². The summed E-state index contributed by atoms with van der Waals surface area (Å²) in [5, 5.41) is 17.2. The number of hydrogen-bond acceptors (Lipinski definition) is 6. The summed E-state index contributed by atoms with van der Waals surface area (Å²) in [6.45, 7) is -0.294. The van der Waals surface area contributed by atoms with E-state index in [1.165, 1.54) is 29.6 Å². The van der Waals surface area contributed by atoms with Crippen molar-refractivity contribution in [3.8, 4) is 0 Å². The van der Waals surface area contributed by atoms with Crippen molar-refractivity contribution in [3.63, 3.8) is 0 Å². The lowest BCUT2D eigenvalue weighted by atomic mass is 10.3. The van der Waals surface area contributed by atoms with Crippen LogP contribution in [0.5, 0.6) is 0 Å². The summed E-state index contributed by atoms with van der Waals surface area (Å²) in [5.74, 6) is -1.08. The maximum absolute atomic E-state index is 11.9. The average molecular weight is 347 g/mol. The van der Waals surface area contributed by atoms with Crippen molar-refractivity contribution >= 4 is 17.1 Å². The van der Waals surface area contributed by atoms with E-state index in [2.05, 4.69) is 9.97 Å². The average Bonchev–Trinajstić information content (AvgIpc) is 3.02. The molecule has 3 rings (SSSR count). The van der Waals surface area contributed by atoms with E-state index >= 15 is 0 Å². The molecule has 0 unspecified atom stereocenters. The van der Waals surface area contributed by atoms with Gasteiger partial charge in [0.15, 0.2) is 11.2 Å². The molecule has 3 heterocycles. The van der Waals surface area contributed by atoms with Crippen LogP contribution in [-0.4, -0.2) is 39.9 Å². The third kappa shape index (κ3) is 3.80. The van der Waals surface area contributed by atoms with Crippen LogP contribution in [0.1, 0.15) is 5.56 Å². The van der Waals surface area contributed by atoms with Gasteiger partial charge in [0.2, 0.25) is 0 Å². The van der Waals surface area contributed by atoms with Gasteiger partial charge in [-0.3, -0.25) is 23.7 Å². The molecule has 2 N–H and O–H groups in total. The van der Waals surface area contributed by atoms with Gasteiger partial charge in [0.1, 0.15) is 6.54 Å². The van der Waals surface area contributed by atoms with Gasteiger partial charge in [-0.2, -0.15) is 0 Å². The first-order chi connectivity index (χ1) is 11.9. The molecule has 25 heavy (non-hydrogen) atoms. The fourth-order valence-corrected chi connectivity index (χ4v) is 2.15. The van der Waals surface area contributed by atoms with Crippen LogP contribution in [0.25, 0.3) is 11.2 Å². The summed E-state index contributed by atoms with van der Waals surface area (Å²) >= 11 is 0. The van der Waals surface area contributed by atoms with Crippen LogP contribution in [0.3, 0.4) is 0 Å². The zero-order valence-corrected chi connectivity index (χ0v) is 13.7. The van der Waals surface area contributed by atoms with E-state index in [0.29, 0.717) is 0 Å². The number of carboxylic acid groups (broad SMARTS) is 1. The first-order valence-electron chi connectivity index (χ1n) is 7.19. The number of rotatable bonds is 3. The zero-order chi connectivity index (χ0) is 18.6. The molecule has 0 aliphatic rings. The standard InChI is InChI=1S/C9H10N4O4.C6H7NO/c1-11-7-6(8(16)12(2)9(11)17)13(4-10-7)3-5(14)15;8-5-6-2-1-3-7-4-6/h4H,3H2,1-2H3,(H,14,15);1-4,8H,5H2. The molecule has 0 saturated heterocycles. The van der Waals surface area contributed by atoms with Crippen molar-refractivity contribution in [3.05, 3.63) is 57.3 Å². The Hall–Kier alpha value is -3.27. The van der Waals surface area contributed by atoms with Crippen molar-refractivity contribution < 1.29 is 15.0 Å². The number of aliphatic carboxylic acids is 1. The van der Waals surface area contributed by atoms with Gasteiger partial charge in [-0.1, -0.05) is 6.07 Å². The van der Waals surface area contributed by atoms with Crippen LogP contribution in [-0.2, 0) is 32.0 Å². The molecule has 0 bridgehead atoms. The van der Waals surface area contributed by atoms with Crippen LogP contribution in [0, 0.1) is 0 Å². The topological polar surface area (TPSA) is 132 Å². The highest BCUT2D eigenvalue weighted by molar-refractivity contribution is 5.74. The molecule has 3 aromatic heterocycles. The lowest BCUT2D eigenvalue weighted by Crippen LogP contribution is -2.37. The van der Waals surface area contributed by atoms with Crippen molar-refractivity contribution in [2.45, 2.75) is 13.2 Å². The normalized spacial score (nSPS) is 10.4. The molecule has 3 aromatic rings. The summed E-state index contributed by atoms with van der Waals surface area (Å²) in [6, 6.07) is 3.62. The Morgan fingerprint density at radius 2 is 1.96 bits per heavy atom. The highest BCUT2D eigenvalue weighted by atomic mass is 16.4. The Balaban J connectivity index is 0.000000236. The molecule has 132 valence electrons. The predicted octanol–water partition coefficient (Wildman–Crippen LogP) is -0.908. The van der Waals surface area contributed by atoms with Gasteiger partial charge in [-0.05, 0) is 11.6 Å². The fraction of sp³-hybridized carbons (Fsp3) is 0.267. The van der Waals surface area contributed by atoms with E-state index < -0.39 is 17.2 Å². The van der Waals surface area contributed by atoms with Gasteiger partial charge in [-0.15, -0.1) is 0 Å². The molecule has 0 fully saturated rings. The van der Waals surface area contributed by atoms with Gasteiger partial charge in [0.05, 0.1) is 12.9 Å². The van der Waals surface area contributed by atoms with Crippen LogP contribution in [0.15, 0.2) is 40.4 Å². The highest BCUT2D eigenvalue weighted by Crippen LogP contribution is 2.04. The molecule has 10 nitrogen and oxygen atoms in total. The largest absolute Gasteiger partial charge is 0.480 e. The van der Waals surface area contributed by atoms with E-state index in [4.69, 9.17) is 10.2 Å².